The van der Waals surface area contributed by atoms with Crippen molar-refractivity contribution < 1.29 is 14.2 Å². The summed E-state index contributed by atoms with van der Waals surface area (Å²) >= 11 is 6.47. The summed E-state index contributed by atoms with van der Waals surface area (Å²) in [5.74, 6) is 0.221. The van der Waals surface area contributed by atoms with Crippen LogP contribution in [-0.2, 0) is 4.74 Å². The summed E-state index contributed by atoms with van der Waals surface area (Å²) in [5.41, 5.74) is 3.45. The molecule has 2 saturated heterocycles. The SMILES string of the molecule is Cc1cc2cnc(Nc3cnn(C4CC4)c3Cl)nc2cc1[C@@H]1CCN([C@H]2COC[C@H]2O)C[C@H]1F. The first-order valence-electron chi connectivity index (χ1n) is 11.9. The zero-order chi connectivity index (χ0) is 23.4. The molecule has 4 heterocycles. The van der Waals surface area contributed by atoms with E-state index >= 15 is 4.39 Å². The Kier molecular flexibility index (Phi) is 5.68. The molecular formula is C24H28ClFN6O2. The number of benzene rings is 1. The summed E-state index contributed by atoms with van der Waals surface area (Å²) in [5, 5.41) is 19.1. The summed E-state index contributed by atoms with van der Waals surface area (Å²) in [6, 6.07) is 4.29. The molecule has 180 valence electrons. The van der Waals surface area contributed by atoms with Crippen LogP contribution in [0.4, 0.5) is 16.0 Å². The maximum Gasteiger partial charge on any atom is 0.227 e. The summed E-state index contributed by atoms with van der Waals surface area (Å²) < 4.78 is 22.6. The van der Waals surface area contributed by atoms with Crippen LogP contribution in [-0.4, -0.2) is 74.4 Å². The van der Waals surface area contributed by atoms with Gasteiger partial charge in [0.1, 0.15) is 6.17 Å². The molecule has 3 aliphatic rings. The molecule has 10 heteroatoms. The lowest BCUT2D eigenvalue weighted by Crippen LogP contribution is -2.50. The van der Waals surface area contributed by atoms with Crippen LogP contribution >= 0.6 is 11.6 Å². The molecule has 0 amide bonds. The Balaban J connectivity index is 1.23. The summed E-state index contributed by atoms with van der Waals surface area (Å²) in [4.78, 5) is 11.2. The van der Waals surface area contributed by atoms with Gasteiger partial charge in [-0.2, -0.15) is 5.10 Å². The number of rotatable bonds is 5. The molecule has 0 unspecified atom stereocenters. The predicted octanol–water partition coefficient (Wildman–Crippen LogP) is 3.75. The highest BCUT2D eigenvalue weighted by molar-refractivity contribution is 6.32. The number of aliphatic hydroxyl groups excluding tert-OH is 1. The second-order valence-corrected chi connectivity index (χ2v) is 10.0. The van der Waals surface area contributed by atoms with Gasteiger partial charge in [-0.05, 0) is 56.0 Å². The topological polar surface area (TPSA) is 88.3 Å². The maximum absolute atomic E-state index is 15.4. The molecule has 34 heavy (non-hydrogen) atoms. The number of aliphatic hydroxyl groups is 1. The Labute approximate surface area is 202 Å². The zero-order valence-electron chi connectivity index (χ0n) is 19.0. The minimum absolute atomic E-state index is 0.116. The lowest BCUT2D eigenvalue weighted by molar-refractivity contribution is 0.0352. The van der Waals surface area contributed by atoms with Crippen LogP contribution in [0.15, 0.2) is 24.5 Å². The van der Waals surface area contributed by atoms with Gasteiger partial charge in [0.15, 0.2) is 5.15 Å². The third-order valence-electron chi connectivity index (χ3n) is 7.30. The second-order valence-electron chi connectivity index (χ2n) is 9.69. The molecule has 0 radical (unpaired) electrons. The first-order valence-corrected chi connectivity index (χ1v) is 12.3. The molecule has 3 fully saturated rings. The third-order valence-corrected chi connectivity index (χ3v) is 7.68. The van der Waals surface area contributed by atoms with Crippen LogP contribution < -0.4 is 5.32 Å². The Bertz CT molecular complexity index is 1220. The smallest absolute Gasteiger partial charge is 0.227 e. The van der Waals surface area contributed by atoms with Crippen molar-refractivity contribution in [2.75, 3.05) is 31.6 Å². The molecule has 6 rings (SSSR count). The van der Waals surface area contributed by atoms with Gasteiger partial charge < -0.3 is 15.2 Å². The van der Waals surface area contributed by atoms with Gasteiger partial charge >= 0.3 is 0 Å². The van der Waals surface area contributed by atoms with E-state index in [4.69, 9.17) is 21.3 Å². The van der Waals surface area contributed by atoms with Crippen molar-refractivity contribution in [1.29, 1.82) is 0 Å². The molecule has 1 aromatic carbocycles. The van der Waals surface area contributed by atoms with Crippen LogP contribution in [0, 0.1) is 6.92 Å². The number of anilines is 2. The number of nitrogens with one attached hydrogen (secondary N) is 1. The number of hydrogen-bond acceptors (Lipinski definition) is 7. The van der Waals surface area contributed by atoms with Crippen molar-refractivity contribution >= 4 is 34.1 Å². The Morgan fingerprint density at radius 1 is 1.21 bits per heavy atom. The maximum atomic E-state index is 15.4. The lowest BCUT2D eigenvalue weighted by atomic mass is 9.84. The number of aryl methyl sites for hydroxylation is 1. The van der Waals surface area contributed by atoms with Gasteiger partial charge in [0.25, 0.3) is 0 Å². The normalized spacial score (nSPS) is 28.0. The van der Waals surface area contributed by atoms with Crippen molar-refractivity contribution in [3.63, 3.8) is 0 Å². The number of ether oxygens (including phenoxy) is 1. The summed E-state index contributed by atoms with van der Waals surface area (Å²) in [7, 11) is 0. The predicted molar refractivity (Wildman–Crippen MR) is 128 cm³/mol. The first kappa shape index (κ1) is 22.2. The number of alkyl halides is 1. The number of fused-ring (bicyclic) bond motifs is 1. The van der Waals surface area contributed by atoms with Gasteiger partial charge in [-0.25, -0.2) is 19.0 Å². The Hall–Kier alpha value is -2.33. The van der Waals surface area contributed by atoms with Gasteiger partial charge in [0.05, 0.1) is 48.8 Å². The Morgan fingerprint density at radius 2 is 2.06 bits per heavy atom. The molecule has 2 aliphatic heterocycles. The highest BCUT2D eigenvalue weighted by atomic mass is 35.5. The largest absolute Gasteiger partial charge is 0.389 e. The number of nitrogens with zero attached hydrogens (tertiary/aromatic N) is 5. The van der Waals surface area contributed by atoms with Crippen molar-refractivity contribution in [2.45, 2.75) is 56.5 Å². The van der Waals surface area contributed by atoms with Crippen LogP contribution in [0.5, 0.6) is 0 Å². The van der Waals surface area contributed by atoms with E-state index in [1.54, 1.807) is 12.4 Å². The first-order chi connectivity index (χ1) is 16.5. The fourth-order valence-corrected chi connectivity index (χ4v) is 5.53. The minimum Gasteiger partial charge on any atom is -0.389 e. The van der Waals surface area contributed by atoms with E-state index < -0.39 is 12.3 Å². The molecule has 0 spiro atoms. The van der Waals surface area contributed by atoms with E-state index in [-0.39, 0.29) is 12.0 Å². The van der Waals surface area contributed by atoms with E-state index in [1.165, 1.54) is 0 Å². The van der Waals surface area contributed by atoms with Gasteiger partial charge in [0, 0.05) is 24.0 Å². The van der Waals surface area contributed by atoms with Crippen LogP contribution in [0.25, 0.3) is 10.9 Å². The fourth-order valence-electron chi connectivity index (χ4n) is 5.25. The van der Waals surface area contributed by atoms with Gasteiger partial charge in [-0.15, -0.1) is 0 Å². The van der Waals surface area contributed by atoms with Crippen LogP contribution in [0.2, 0.25) is 5.15 Å². The van der Waals surface area contributed by atoms with Crippen molar-refractivity contribution in [3.05, 3.63) is 40.8 Å². The molecule has 1 aliphatic carbocycles. The highest BCUT2D eigenvalue weighted by Crippen LogP contribution is 2.39. The zero-order valence-corrected chi connectivity index (χ0v) is 19.7. The van der Waals surface area contributed by atoms with E-state index in [2.05, 4.69) is 15.4 Å². The summed E-state index contributed by atoms with van der Waals surface area (Å²) in [6.07, 6.45) is 4.78. The van der Waals surface area contributed by atoms with E-state index in [9.17, 15) is 5.11 Å². The average Bonchev–Trinajstić information content (AvgIpc) is 3.47. The third kappa shape index (κ3) is 4.04. The lowest BCUT2D eigenvalue weighted by Gasteiger charge is -2.39. The molecule has 2 aromatic heterocycles. The number of aromatic nitrogens is 4. The number of hydrogen-bond donors (Lipinski definition) is 2. The van der Waals surface area contributed by atoms with E-state index in [1.807, 2.05) is 28.6 Å². The minimum atomic E-state index is -1.02. The number of likely N-dealkylation sites (tertiary alicyclic amines) is 1. The van der Waals surface area contributed by atoms with Crippen molar-refractivity contribution in [2.24, 2.45) is 0 Å². The quantitative estimate of drug-likeness (QED) is 0.567. The number of halogens is 2. The van der Waals surface area contributed by atoms with E-state index in [0.29, 0.717) is 49.0 Å². The standard InChI is InChI=1S/C24H28ClFN6O2/c1-13-6-14-8-27-24(30-20-9-28-32(23(20)25)15-2-3-15)29-19(14)7-17(13)16-4-5-31(10-18(16)26)21-11-34-12-22(21)33/h6-9,15-16,18,21-22,33H,2-5,10-12H2,1H3,(H,27,29,30)/t16-,18+,21-,22+/m0/s1. The Morgan fingerprint density at radius 3 is 2.79 bits per heavy atom. The molecule has 2 N–H and O–H groups in total. The van der Waals surface area contributed by atoms with E-state index in [0.717, 1.165) is 41.4 Å². The molecule has 4 atom stereocenters. The summed E-state index contributed by atoms with van der Waals surface area (Å²) in [6.45, 7) is 3.83. The number of piperidine rings is 1. The second kappa shape index (κ2) is 8.71. The molecule has 1 saturated carbocycles. The van der Waals surface area contributed by atoms with Gasteiger partial charge in [0.2, 0.25) is 5.95 Å². The van der Waals surface area contributed by atoms with Crippen LogP contribution in [0.1, 0.15) is 42.3 Å². The monoisotopic (exact) mass is 486 g/mol. The average molecular weight is 487 g/mol. The molecular weight excluding hydrogens is 459 g/mol. The highest BCUT2D eigenvalue weighted by Gasteiger charge is 2.38. The molecule has 0 bridgehead atoms. The molecule has 3 aromatic rings. The van der Waals surface area contributed by atoms with Crippen molar-refractivity contribution in [1.82, 2.24) is 24.6 Å². The molecule has 8 nitrogen and oxygen atoms in total. The van der Waals surface area contributed by atoms with Crippen LogP contribution in [0.3, 0.4) is 0 Å². The van der Waals surface area contributed by atoms with Gasteiger partial charge in [-0.3, -0.25) is 4.90 Å². The van der Waals surface area contributed by atoms with Gasteiger partial charge in [-0.1, -0.05) is 11.6 Å². The fraction of sp³-hybridized carbons (Fsp3) is 0.542. The van der Waals surface area contributed by atoms with Crippen molar-refractivity contribution in [3.8, 4) is 0 Å².